The lowest BCUT2D eigenvalue weighted by molar-refractivity contribution is 0.360. The SMILES string of the molecule is C=C(Br)/C=C(\C=C\N(CCCC)CCCC)S(C)=O. The summed E-state index contributed by atoms with van der Waals surface area (Å²) in [6.45, 7) is 10.3. The standard InChI is InChI=1S/C15H26BrNOS/c1-5-7-10-17(11-8-6-2)12-9-15(19(4)18)13-14(3)16/h9,12-13H,3,5-8,10-11H2,1-2,4H3/b12-9+,15-13+. The molecule has 0 aliphatic carbocycles. The summed E-state index contributed by atoms with van der Waals surface area (Å²) in [6.07, 6.45) is 12.3. The number of unbranched alkanes of at least 4 members (excludes halogenated alkanes) is 2. The molecule has 2 nitrogen and oxygen atoms in total. The molecule has 0 spiro atoms. The van der Waals surface area contributed by atoms with Crippen LogP contribution < -0.4 is 0 Å². The predicted molar refractivity (Wildman–Crippen MR) is 90.7 cm³/mol. The van der Waals surface area contributed by atoms with Gasteiger partial charge in [-0.15, -0.1) is 0 Å². The Bertz CT molecular complexity index is 342. The van der Waals surface area contributed by atoms with E-state index in [1.165, 1.54) is 25.7 Å². The summed E-state index contributed by atoms with van der Waals surface area (Å²) in [7, 11) is -0.995. The lowest BCUT2D eigenvalue weighted by Gasteiger charge is -2.19. The van der Waals surface area contributed by atoms with E-state index in [0.717, 1.165) is 22.5 Å². The first-order valence-corrected chi connectivity index (χ1v) is 9.18. The van der Waals surface area contributed by atoms with Crippen LogP contribution in [0.2, 0.25) is 0 Å². The first-order valence-electron chi connectivity index (χ1n) is 6.83. The molecule has 1 atom stereocenters. The van der Waals surface area contributed by atoms with Crippen LogP contribution in [0.4, 0.5) is 0 Å². The minimum absolute atomic E-state index is 0.746. The maximum atomic E-state index is 11.6. The summed E-state index contributed by atoms with van der Waals surface area (Å²) >= 11 is 3.28. The summed E-state index contributed by atoms with van der Waals surface area (Å²) in [5.74, 6) is 0. The Balaban J connectivity index is 4.71. The van der Waals surface area contributed by atoms with E-state index in [9.17, 15) is 4.21 Å². The van der Waals surface area contributed by atoms with Crippen LogP contribution in [0.15, 0.2) is 34.3 Å². The normalized spacial score (nSPS) is 13.8. The van der Waals surface area contributed by atoms with Crippen molar-refractivity contribution in [3.63, 3.8) is 0 Å². The smallest absolute Gasteiger partial charge is 0.0499 e. The number of hydrogen-bond acceptors (Lipinski definition) is 2. The molecular formula is C15H26BrNOS. The highest BCUT2D eigenvalue weighted by Crippen LogP contribution is 2.12. The molecule has 110 valence electrons. The largest absolute Gasteiger partial charge is 0.377 e. The molecule has 4 heteroatoms. The number of rotatable bonds is 10. The molecule has 0 fully saturated rings. The second-order valence-electron chi connectivity index (χ2n) is 4.51. The van der Waals surface area contributed by atoms with Crippen LogP contribution >= 0.6 is 15.9 Å². The van der Waals surface area contributed by atoms with Crippen molar-refractivity contribution in [2.75, 3.05) is 19.3 Å². The molecule has 0 aromatic heterocycles. The number of allylic oxidation sites excluding steroid dienone is 3. The lowest BCUT2D eigenvalue weighted by Crippen LogP contribution is -2.19. The summed E-state index contributed by atoms with van der Waals surface area (Å²) in [6, 6.07) is 0. The molecule has 0 aromatic rings. The molecular weight excluding hydrogens is 322 g/mol. The maximum Gasteiger partial charge on any atom is 0.0499 e. The highest BCUT2D eigenvalue weighted by atomic mass is 79.9. The van der Waals surface area contributed by atoms with Gasteiger partial charge in [0.15, 0.2) is 0 Å². The van der Waals surface area contributed by atoms with Gasteiger partial charge in [-0.05, 0) is 25.0 Å². The molecule has 0 rings (SSSR count). The molecule has 0 aliphatic rings. The van der Waals surface area contributed by atoms with Crippen LogP contribution in [-0.2, 0) is 10.8 Å². The van der Waals surface area contributed by atoms with Crippen LogP contribution in [0, 0.1) is 0 Å². The van der Waals surface area contributed by atoms with Crippen molar-refractivity contribution in [2.45, 2.75) is 39.5 Å². The third-order valence-electron chi connectivity index (χ3n) is 2.68. The molecule has 0 saturated heterocycles. The van der Waals surface area contributed by atoms with E-state index in [1.54, 1.807) is 6.26 Å². The van der Waals surface area contributed by atoms with Crippen LogP contribution in [0.1, 0.15) is 39.5 Å². The zero-order valence-corrected chi connectivity index (χ0v) is 14.7. The minimum Gasteiger partial charge on any atom is -0.377 e. The van der Waals surface area contributed by atoms with Gasteiger partial charge in [0.25, 0.3) is 0 Å². The Morgan fingerprint density at radius 2 is 1.79 bits per heavy atom. The first-order chi connectivity index (χ1) is 9.01. The van der Waals surface area contributed by atoms with Crippen LogP contribution in [-0.4, -0.2) is 28.5 Å². The number of halogens is 1. The van der Waals surface area contributed by atoms with Gasteiger partial charge in [0, 0.05) is 45.7 Å². The third kappa shape index (κ3) is 10.1. The second kappa shape index (κ2) is 11.5. The molecule has 19 heavy (non-hydrogen) atoms. The predicted octanol–water partition coefficient (Wildman–Crippen LogP) is 4.57. The topological polar surface area (TPSA) is 20.3 Å². The fourth-order valence-electron chi connectivity index (χ4n) is 1.54. The van der Waals surface area contributed by atoms with E-state index in [0.29, 0.717) is 0 Å². The third-order valence-corrected chi connectivity index (χ3v) is 3.82. The van der Waals surface area contributed by atoms with E-state index in [4.69, 9.17) is 0 Å². The van der Waals surface area contributed by atoms with Gasteiger partial charge < -0.3 is 4.90 Å². The van der Waals surface area contributed by atoms with Crippen molar-refractivity contribution < 1.29 is 4.21 Å². The highest BCUT2D eigenvalue weighted by Gasteiger charge is 2.01. The summed E-state index contributed by atoms with van der Waals surface area (Å²) in [4.78, 5) is 3.10. The van der Waals surface area contributed by atoms with Crippen LogP contribution in [0.5, 0.6) is 0 Å². The zero-order valence-electron chi connectivity index (χ0n) is 12.3. The molecule has 0 bridgehead atoms. The molecule has 0 saturated carbocycles. The van der Waals surface area contributed by atoms with E-state index in [2.05, 4.69) is 47.5 Å². The van der Waals surface area contributed by atoms with Crippen LogP contribution in [0.3, 0.4) is 0 Å². The Hall–Kier alpha value is -0.350. The van der Waals surface area contributed by atoms with Gasteiger partial charge in [0.2, 0.25) is 0 Å². The second-order valence-corrected chi connectivity index (χ2v) is 6.90. The van der Waals surface area contributed by atoms with Gasteiger partial charge in [-0.2, -0.15) is 0 Å². The Kier molecular flexibility index (Phi) is 11.3. The van der Waals surface area contributed by atoms with Gasteiger partial charge in [-0.25, -0.2) is 0 Å². The van der Waals surface area contributed by atoms with Gasteiger partial charge in [0.05, 0.1) is 0 Å². The van der Waals surface area contributed by atoms with Crippen molar-refractivity contribution >= 4 is 26.7 Å². The minimum atomic E-state index is -0.995. The summed E-state index contributed by atoms with van der Waals surface area (Å²) in [5, 5.41) is 0. The van der Waals surface area contributed by atoms with Gasteiger partial charge >= 0.3 is 0 Å². The lowest BCUT2D eigenvalue weighted by atomic mass is 10.3. The average Bonchev–Trinajstić information content (AvgIpc) is 2.35. The zero-order chi connectivity index (χ0) is 14.7. The van der Waals surface area contributed by atoms with Gasteiger partial charge in [-0.3, -0.25) is 4.21 Å². The molecule has 0 N–H and O–H groups in total. The molecule has 0 heterocycles. The van der Waals surface area contributed by atoms with Crippen molar-refractivity contribution in [1.29, 1.82) is 0 Å². The monoisotopic (exact) mass is 347 g/mol. The van der Waals surface area contributed by atoms with E-state index < -0.39 is 10.8 Å². The number of nitrogens with zero attached hydrogens (tertiary/aromatic N) is 1. The van der Waals surface area contributed by atoms with Crippen molar-refractivity contribution in [1.82, 2.24) is 4.90 Å². The van der Waals surface area contributed by atoms with Crippen molar-refractivity contribution in [3.05, 3.63) is 34.3 Å². The van der Waals surface area contributed by atoms with E-state index in [-0.39, 0.29) is 0 Å². The molecule has 0 amide bonds. The fraction of sp³-hybridized carbons (Fsp3) is 0.600. The molecule has 0 aliphatic heterocycles. The molecule has 1 unspecified atom stereocenters. The van der Waals surface area contributed by atoms with Crippen molar-refractivity contribution in [2.24, 2.45) is 0 Å². The highest BCUT2D eigenvalue weighted by molar-refractivity contribution is 9.11. The number of hydrogen-bond donors (Lipinski definition) is 0. The Labute approximate surface area is 129 Å². The Morgan fingerprint density at radius 1 is 1.26 bits per heavy atom. The fourth-order valence-corrected chi connectivity index (χ4v) is 2.50. The maximum absolute atomic E-state index is 11.6. The van der Waals surface area contributed by atoms with E-state index >= 15 is 0 Å². The van der Waals surface area contributed by atoms with Crippen molar-refractivity contribution in [3.8, 4) is 0 Å². The van der Waals surface area contributed by atoms with Crippen LogP contribution in [0.25, 0.3) is 0 Å². The van der Waals surface area contributed by atoms with E-state index in [1.807, 2.05) is 12.2 Å². The van der Waals surface area contributed by atoms with Gasteiger partial charge in [0.1, 0.15) is 0 Å². The Morgan fingerprint density at radius 3 is 2.16 bits per heavy atom. The first kappa shape index (κ1) is 18.7. The quantitative estimate of drug-likeness (QED) is 0.539. The molecule has 0 radical (unpaired) electrons. The summed E-state index contributed by atoms with van der Waals surface area (Å²) < 4.78 is 12.4. The average molecular weight is 348 g/mol. The van der Waals surface area contributed by atoms with Gasteiger partial charge in [-0.1, -0.05) is 49.2 Å². The molecule has 0 aromatic carbocycles. The summed E-state index contributed by atoms with van der Waals surface area (Å²) in [5.41, 5.74) is 0.